The molecule has 4 nitrogen and oxygen atoms in total. The average molecular weight is 395 g/mol. The zero-order valence-electron chi connectivity index (χ0n) is 15.5. The standard InChI is InChI=1S/C23H19F2NO3/c24-18-12-7-13-19(25)22(18)23(28)29-15-21(27)26-20(17-10-5-2-6-11-17)14-16-8-3-1-4-9-16/h1-13,20H,14-15H2,(H,26,27)/t20-/m1/s1. The maximum absolute atomic E-state index is 13.7. The largest absolute Gasteiger partial charge is 0.452 e. The maximum Gasteiger partial charge on any atom is 0.344 e. The summed E-state index contributed by atoms with van der Waals surface area (Å²) in [6, 6.07) is 21.7. The SMILES string of the molecule is O=C(COC(=O)c1c(F)cccc1F)N[C@H](Cc1ccccc1)c1ccccc1. The van der Waals surface area contributed by atoms with Crippen LogP contribution >= 0.6 is 0 Å². The topological polar surface area (TPSA) is 55.4 Å². The summed E-state index contributed by atoms with van der Waals surface area (Å²) in [7, 11) is 0. The van der Waals surface area contributed by atoms with Crippen LogP contribution in [0.5, 0.6) is 0 Å². The molecular weight excluding hydrogens is 376 g/mol. The molecule has 0 heterocycles. The monoisotopic (exact) mass is 395 g/mol. The number of esters is 1. The van der Waals surface area contributed by atoms with Crippen molar-refractivity contribution in [3.05, 3.63) is 107 Å². The zero-order valence-corrected chi connectivity index (χ0v) is 15.5. The number of nitrogens with one attached hydrogen (secondary N) is 1. The number of hydrogen-bond donors (Lipinski definition) is 1. The Hall–Kier alpha value is -3.54. The van der Waals surface area contributed by atoms with E-state index < -0.39 is 35.7 Å². The third-order valence-electron chi connectivity index (χ3n) is 4.32. The fraction of sp³-hybridized carbons (Fsp3) is 0.130. The summed E-state index contributed by atoms with van der Waals surface area (Å²) in [5, 5.41) is 2.81. The highest BCUT2D eigenvalue weighted by atomic mass is 19.1. The van der Waals surface area contributed by atoms with E-state index in [2.05, 4.69) is 5.32 Å². The molecule has 0 radical (unpaired) electrons. The molecule has 0 saturated heterocycles. The lowest BCUT2D eigenvalue weighted by Crippen LogP contribution is -2.33. The molecule has 0 aliphatic carbocycles. The van der Waals surface area contributed by atoms with Crippen molar-refractivity contribution in [1.29, 1.82) is 0 Å². The van der Waals surface area contributed by atoms with E-state index in [1.165, 1.54) is 0 Å². The molecule has 0 unspecified atom stereocenters. The fourth-order valence-electron chi connectivity index (χ4n) is 2.92. The average Bonchev–Trinajstić information content (AvgIpc) is 2.73. The summed E-state index contributed by atoms with van der Waals surface area (Å²) >= 11 is 0. The van der Waals surface area contributed by atoms with Crippen molar-refractivity contribution in [2.45, 2.75) is 12.5 Å². The molecule has 1 N–H and O–H groups in total. The molecule has 148 valence electrons. The highest BCUT2D eigenvalue weighted by Crippen LogP contribution is 2.18. The Morgan fingerprint density at radius 1 is 0.828 bits per heavy atom. The van der Waals surface area contributed by atoms with Crippen molar-refractivity contribution in [1.82, 2.24) is 5.32 Å². The third-order valence-corrected chi connectivity index (χ3v) is 4.32. The molecule has 29 heavy (non-hydrogen) atoms. The van der Waals surface area contributed by atoms with E-state index in [0.717, 1.165) is 29.3 Å². The van der Waals surface area contributed by atoms with Crippen LogP contribution in [0.15, 0.2) is 78.9 Å². The molecule has 0 fully saturated rings. The Bertz CT molecular complexity index is 958. The smallest absolute Gasteiger partial charge is 0.344 e. The molecule has 3 rings (SSSR count). The molecule has 6 heteroatoms. The van der Waals surface area contributed by atoms with Gasteiger partial charge >= 0.3 is 5.97 Å². The predicted octanol–water partition coefficient (Wildman–Crippen LogP) is 4.22. The molecule has 1 amide bonds. The summed E-state index contributed by atoms with van der Waals surface area (Å²) in [4.78, 5) is 24.3. The molecule has 3 aromatic rings. The van der Waals surface area contributed by atoms with Gasteiger partial charge in [0.15, 0.2) is 6.61 Å². The van der Waals surface area contributed by atoms with Crippen LogP contribution in [0, 0.1) is 11.6 Å². The second-order valence-electron chi connectivity index (χ2n) is 6.39. The van der Waals surface area contributed by atoms with Crippen LogP contribution in [0.3, 0.4) is 0 Å². The molecule has 1 atom stereocenters. The number of hydrogen-bond acceptors (Lipinski definition) is 3. The minimum Gasteiger partial charge on any atom is -0.452 e. The lowest BCUT2D eigenvalue weighted by molar-refractivity contribution is -0.125. The van der Waals surface area contributed by atoms with Gasteiger partial charge in [0, 0.05) is 0 Å². The van der Waals surface area contributed by atoms with Gasteiger partial charge in [-0.1, -0.05) is 66.7 Å². The van der Waals surface area contributed by atoms with Gasteiger partial charge in [0.05, 0.1) is 6.04 Å². The Kier molecular flexibility index (Phi) is 6.68. The summed E-state index contributed by atoms with van der Waals surface area (Å²) in [6.07, 6.45) is 0.534. The molecule has 0 aliphatic rings. The number of rotatable bonds is 7. The Balaban J connectivity index is 1.66. The molecule has 0 bridgehead atoms. The lowest BCUT2D eigenvalue weighted by Gasteiger charge is -2.19. The number of ether oxygens (including phenoxy) is 1. The fourth-order valence-corrected chi connectivity index (χ4v) is 2.92. The Morgan fingerprint density at radius 3 is 2.03 bits per heavy atom. The van der Waals surface area contributed by atoms with Gasteiger partial charge in [0.1, 0.15) is 17.2 Å². The second kappa shape index (κ2) is 9.59. The molecule has 0 aliphatic heterocycles. The van der Waals surface area contributed by atoms with Crippen LogP contribution in [-0.4, -0.2) is 18.5 Å². The number of benzene rings is 3. The first-order chi connectivity index (χ1) is 14.0. The van der Waals surface area contributed by atoms with Gasteiger partial charge in [0.2, 0.25) is 0 Å². The van der Waals surface area contributed by atoms with Crippen molar-refractivity contribution >= 4 is 11.9 Å². The quantitative estimate of drug-likeness (QED) is 0.610. The molecule has 0 spiro atoms. The summed E-state index contributed by atoms with van der Waals surface area (Å²) in [5.41, 5.74) is 1.09. The van der Waals surface area contributed by atoms with Gasteiger partial charge in [-0.05, 0) is 29.7 Å². The van der Waals surface area contributed by atoms with Gasteiger partial charge in [-0.2, -0.15) is 0 Å². The van der Waals surface area contributed by atoms with Crippen molar-refractivity contribution in [3.63, 3.8) is 0 Å². The van der Waals surface area contributed by atoms with E-state index in [0.29, 0.717) is 6.42 Å². The van der Waals surface area contributed by atoms with E-state index >= 15 is 0 Å². The van der Waals surface area contributed by atoms with Crippen LogP contribution in [0.25, 0.3) is 0 Å². The van der Waals surface area contributed by atoms with E-state index in [9.17, 15) is 18.4 Å². The van der Waals surface area contributed by atoms with Crippen molar-refractivity contribution in [2.24, 2.45) is 0 Å². The maximum atomic E-state index is 13.7. The van der Waals surface area contributed by atoms with Crippen molar-refractivity contribution < 1.29 is 23.1 Å². The van der Waals surface area contributed by atoms with Gasteiger partial charge in [-0.25, -0.2) is 13.6 Å². The van der Waals surface area contributed by atoms with Gasteiger partial charge < -0.3 is 10.1 Å². The van der Waals surface area contributed by atoms with Crippen LogP contribution in [-0.2, 0) is 16.0 Å². The van der Waals surface area contributed by atoms with Gasteiger partial charge in [-0.15, -0.1) is 0 Å². The summed E-state index contributed by atoms with van der Waals surface area (Å²) in [6.45, 7) is -0.648. The first kappa shape index (κ1) is 20.2. The third kappa shape index (κ3) is 5.48. The number of amides is 1. The van der Waals surface area contributed by atoms with Crippen LogP contribution < -0.4 is 5.32 Å². The number of carbonyl (C=O) groups is 2. The Morgan fingerprint density at radius 2 is 1.41 bits per heavy atom. The normalized spacial score (nSPS) is 11.5. The molecule has 3 aromatic carbocycles. The second-order valence-corrected chi connectivity index (χ2v) is 6.39. The number of halogens is 2. The van der Waals surface area contributed by atoms with E-state index in [-0.39, 0.29) is 6.04 Å². The summed E-state index contributed by atoms with van der Waals surface area (Å²) in [5.74, 6) is -3.88. The lowest BCUT2D eigenvalue weighted by atomic mass is 9.99. The minimum absolute atomic E-state index is 0.352. The highest BCUT2D eigenvalue weighted by Gasteiger charge is 2.21. The molecule has 0 saturated carbocycles. The van der Waals surface area contributed by atoms with E-state index in [1.54, 1.807) is 0 Å². The van der Waals surface area contributed by atoms with E-state index in [1.807, 2.05) is 60.7 Å². The first-order valence-corrected chi connectivity index (χ1v) is 9.04. The first-order valence-electron chi connectivity index (χ1n) is 9.04. The zero-order chi connectivity index (χ0) is 20.6. The highest BCUT2D eigenvalue weighted by molar-refractivity contribution is 5.91. The minimum atomic E-state index is -1.23. The molecular formula is C23H19F2NO3. The van der Waals surface area contributed by atoms with Crippen LogP contribution in [0.1, 0.15) is 27.5 Å². The van der Waals surface area contributed by atoms with Crippen LogP contribution in [0.2, 0.25) is 0 Å². The van der Waals surface area contributed by atoms with Gasteiger partial charge in [0.25, 0.3) is 5.91 Å². The van der Waals surface area contributed by atoms with E-state index in [4.69, 9.17) is 4.74 Å². The molecule has 0 aromatic heterocycles. The van der Waals surface area contributed by atoms with Crippen molar-refractivity contribution in [2.75, 3.05) is 6.61 Å². The van der Waals surface area contributed by atoms with Gasteiger partial charge in [-0.3, -0.25) is 4.79 Å². The Labute approximate surface area is 167 Å². The number of carbonyl (C=O) groups excluding carboxylic acids is 2. The summed E-state index contributed by atoms with van der Waals surface area (Å²) < 4.78 is 32.1. The van der Waals surface area contributed by atoms with Crippen molar-refractivity contribution in [3.8, 4) is 0 Å². The predicted molar refractivity (Wildman–Crippen MR) is 104 cm³/mol. The van der Waals surface area contributed by atoms with Crippen LogP contribution in [0.4, 0.5) is 8.78 Å².